The minimum Gasteiger partial charge on any atom is -0.337 e. The standard InChI is InChI=1S/C20H20ClN5O2S/c1-25(11-14-6-8-16(21)9-7-14)19(28)15-4-3-5-17(10-15)23-18(27)12-29-20-24-22-13-26(20)2/h3-10,13H,11-12H2,1-2H3,(H,23,27). The molecule has 0 saturated heterocycles. The van der Waals surface area contributed by atoms with Crippen molar-refractivity contribution in [3.8, 4) is 0 Å². The Hall–Kier alpha value is -2.84. The summed E-state index contributed by atoms with van der Waals surface area (Å²) in [6.07, 6.45) is 1.58. The summed E-state index contributed by atoms with van der Waals surface area (Å²) in [5.41, 5.74) is 2.05. The first-order valence-corrected chi connectivity index (χ1v) is 10.2. The van der Waals surface area contributed by atoms with Gasteiger partial charge in [0, 0.05) is 36.9 Å². The molecular weight excluding hydrogens is 410 g/mol. The molecule has 0 fully saturated rings. The van der Waals surface area contributed by atoms with Crippen molar-refractivity contribution in [1.82, 2.24) is 19.7 Å². The van der Waals surface area contributed by atoms with Gasteiger partial charge >= 0.3 is 0 Å². The Morgan fingerprint density at radius 3 is 2.66 bits per heavy atom. The van der Waals surface area contributed by atoms with E-state index in [1.54, 1.807) is 59.2 Å². The van der Waals surface area contributed by atoms with Crippen LogP contribution in [0.25, 0.3) is 0 Å². The first-order valence-electron chi connectivity index (χ1n) is 8.79. The Labute approximate surface area is 178 Å². The summed E-state index contributed by atoms with van der Waals surface area (Å²) in [5, 5.41) is 11.8. The summed E-state index contributed by atoms with van der Waals surface area (Å²) in [4.78, 5) is 26.6. The van der Waals surface area contributed by atoms with Crippen molar-refractivity contribution in [3.63, 3.8) is 0 Å². The van der Waals surface area contributed by atoms with Crippen molar-refractivity contribution < 1.29 is 9.59 Å². The minimum atomic E-state index is -0.183. The van der Waals surface area contributed by atoms with Gasteiger partial charge in [-0.3, -0.25) is 9.59 Å². The SMILES string of the molecule is CN(Cc1ccc(Cl)cc1)C(=O)c1cccc(NC(=O)CSc2nncn2C)c1. The summed E-state index contributed by atoms with van der Waals surface area (Å²) in [7, 11) is 3.55. The van der Waals surface area contributed by atoms with E-state index in [-0.39, 0.29) is 17.6 Å². The molecule has 7 nitrogen and oxygen atoms in total. The molecule has 2 amide bonds. The van der Waals surface area contributed by atoms with E-state index in [9.17, 15) is 9.59 Å². The smallest absolute Gasteiger partial charge is 0.253 e. The van der Waals surface area contributed by atoms with Crippen LogP contribution in [0.2, 0.25) is 5.02 Å². The van der Waals surface area contributed by atoms with Gasteiger partial charge in [0.1, 0.15) is 6.33 Å². The molecule has 0 radical (unpaired) electrons. The van der Waals surface area contributed by atoms with Gasteiger partial charge in [0.25, 0.3) is 5.91 Å². The lowest BCUT2D eigenvalue weighted by atomic mass is 10.1. The van der Waals surface area contributed by atoms with Crippen LogP contribution in [0.1, 0.15) is 15.9 Å². The second kappa shape index (κ2) is 9.58. The number of halogens is 1. The van der Waals surface area contributed by atoms with Gasteiger partial charge in [-0.1, -0.05) is 41.6 Å². The zero-order valence-electron chi connectivity index (χ0n) is 16.0. The minimum absolute atomic E-state index is 0.135. The second-order valence-corrected chi connectivity index (χ2v) is 7.81. The number of aryl methyl sites for hydroxylation is 1. The van der Waals surface area contributed by atoms with Crippen LogP contribution >= 0.6 is 23.4 Å². The molecule has 29 heavy (non-hydrogen) atoms. The third-order valence-electron chi connectivity index (χ3n) is 4.08. The quantitative estimate of drug-likeness (QED) is 0.581. The molecule has 0 aliphatic carbocycles. The van der Waals surface area contributed by atoms with E-state index in [0.29, 0.717) is 28.0 Å². The van der Waals surface area contributed by atoms with Gasteiger partial charge < -0.3 is 14.8 Å². The summed E-state index contributed by atoms with van der Waals surface area (Å²) < 4.78 is 1.74. The number of nitrogens with one attached hydrogen (secondary N) is 1. The summed E-state index contributed by atoms with van der Waals surface area (Å²) in [6.45, 7) is 0.459. The molecule has 1 aromatic heterocycles. The molecular formula is C20H20ClN5O2S. The average molecular weight is 430 g/mol. The predicted octanol–water partition coefficient (Wildman–Crippen LogP) is 3.47. The average Bonchev–Trinajstić information content (AvgIpc) is 3.12. The van der Waals surface area contributed by atoms with Gasteiger partial charge in [-0.15, -0.1) is 10.2 Å². The topological polar surface area (TPSA) is 80.1 Å². The first kappa shape index (κ1) is 20.9. The Morgan fingerprint density at radius 1 is 1.21 bits per heavy atom. The number of nitrogens with zero attached hydrogens (tertiary/aromatic N) is 4. The fraction of sp³-hybridized carbons (Fsp3) is 0.200. The van der Waals surface area contributed by atoms with E-state index in [2.05, 4.69) is 15.5 Å². The molecule has 3 rings (SSSR count). The molecule has 0 spiro atoms. The van der Waals surface area contributed by atoms with Gasteiger partial charge in [-0.05, 0) is 35.9 Å². The van der Waals surface area contributed by atoms with E-state index >= 15 is 0 Å². The number of hydrogen-bond donors (Lipinski definition) is 1. The highest BCUT2D eigenvalue weighted by atomic mass is 35.5. The molecule has 3 aromatic rings. The van der Waals surface area contributed by atoms with Crippen LogP contribution in [0.4, 0.5) is 5.69 Å². The van der Waals surface area contributed by atoms with Gasteiger partial charge in [-0.2, -0.15) is 0 Å². The normalized spacial score (nSPS) is 10.6. The third-order valence-corrected chi connectivity index (χ3v) is 5.36. The highest BCUT2D eigenvalue weighted by molar-refractivity contribution is 7.99. The first-order chi connectivity index (χ1) is 13.9. The zero-order valence-corrected chi connectivity index (χ0v) is 17.6. The number of carbonyl (C=O) groups excluding carboxylic acids is 2. The molecule has 2 aromatic carbocycles. The van der Waals surface area contributed by atoms with Crippen LogP contribution in [0.3, 0.4) is 0 Å². The van der Waals surface area contributed by atoms with Crippen LogP contribution in [-0.2, 0) is 18.4 Å². The Balaban J connectivity index is 1.59. The van der Waals surface area contributed by atoms with E-state index in [0.717, 1.165) is 5.56 Å². The molecule has 0 saturated carbocycles. The van der Waals surface area contributed by atoms with Gasteiger partial charge in [-0.25, -0.2) is 0 Å². The maximum atomic E-state index is 12.7. The van der Waals surface area contributed by atoms with Gasteiger partial charge in [0.15, 0.2) is 5.16 Å². The number of benzene rings is 2. The van der Waals surface area contributed by atoms with E-state index in [1.165, 1.54) is 11.8 Å². The van der Waals surface area contributed by atoms with Crippen molar-refractivity contribution in [1.29, 1.82) is 0 Å². The summed E-state index contributed by atoms with van der Waals surface area (Å²) >= 11 is 7.19. The Kier molecular flexibility index (Phi) is 6.90. The van der Waals surface area contributed by atoms with Crippen LogP contribution in [0, 0.1) is 0 Å². The Morgan fingerprint density at radius 2 is 1.97 bits per heavy atom. The molecule has 150 valence electrons. The van der Waals surface area contributed by atoms with Crippen LogP contribution in [0.5, 0.6) is 0 Å². The maximum absolute atomic E-state index is 12.7. The molecule has 0 bridgehead atoms. The summed E-state index contributed by atoms with van der Waals surface area (Å²) in [5.74, 6) is -0.122. The second-order valence-electron chi connectivity index (χ2n) is 6.43. The lowest BCUT2D eigenvalue weighted by molar-refractivity contribution is -0.113. The molecule has 9 heteroatoms. The lowest BCUT2D eigenvalue weighted by Crippen LogP contribution is -2.26. The number of hydrogen-bond acceptors (Lipinski definition) is 5. The Bertz CT molecular complexity index is 1010. The highest BCUT2D eigenvalue weighted by Crippen LogP contribution is 2.17. The fourth-order valence-electron chi connectivity index (χ4n) is 2.62. The monoisotopic (exact) mass is 429 g/mol. The number of rotatable bonds is 7. The van der Waals surface area contributed by atoms with Crippen molar-refractivity contribution in [3.05, 3.63) is 71.0 Å². The van der Waals surface area contributed by atoms with E-state index < -0.39 is 0 Å². The molecule has 0 aliphatic heterocycles. The van der Waals surface area contributed by atoms with Crippen LogP contribution in [-0.4, -0.2) is 44.3 Å². The highest BCUT2D eigenvalue weighted by Gasteiger charge is 2.14. The number of anilines is 1. The van der Waals surface area contributed by atoms with Gasteiger partial charge in [0.2, 0.25) is 5.91 Å². The maximum Gasteiger partial charge on any atom is 0.253 e. The number of aromatic nitrogens is 3. The molecule has 1 N–H and O–H groups in total. The van der Waals surface area contributed by atoms with Crippen LogP contribution < -0.4 is 5.32 Å². The molecule has 0 unspecified atom stereocenters. The lowest BCUT2D eigenvalue weighted by Gasteiger charge is -2.18. The van der Waals surface area contributed by atoms with E-state index in [4.69, 9.17) is 11.6 Å². The number of carbonyl (C=O) groups is 2. The largest absolute Gasteiger partial charge is 0.337 e. The number of thioether (sulfide) groups is 1. The molecule has 0 aliphatic rings. The molecule has 1 heterocycles. The third kappa shape index (κ3) is 5.82. The predicted molar refractivity (Wildman–Crippen MR) is 114 cm³/mol. The van der Waals surface area contributed by atoms with E-state index in [1.807, 2.05) is 19.2 Å². The molecule has 0 atom stereocenters. The van der Waals surface area contributed by atoms with Crippen molar-refractivity contribution >= 4 is 40.9 Å². The van der Waals surface area contributed by atoms with Gasteiger partial charge in [0.05, 0.1) is 5.75 Å². The zero-order chi connectivity index (χ0) is 20.8. The van der Waals surface area contributed by atoms with Crippen molar-refractivity contribution in [2.75, 3.05) is 18.1 Å². The fourth-order valence-corrected chi connectivity index (χ4v) is 3.43. The van der Waals surface area contributed by atoms with Crippen LogP contribution in [0.15, 0.2) is 60.0 Å². The number of amides is 2. The summed E-state index contributed by atoms with van der Waals surface area (Å²) in [6, 6.07) is 14.3. The van der Waals surface area contributed by atoms with Crippen molar-refractivity contribution in [2.45, 2.75) is 11.7 Å². The van der Waals surface area contributed by atoms with Crippen molar-refractivity contribution in [2.24, 2.45) is 7.05 Å².